The molecule has 3 aromatic rings. The summed E-state index contributed by atoms with van der Waals surface area (Å²) in [5, 5.41) is 11.0. The van der Waals surface area contributed by atoms with Crippen LogP contribution in [0.5, 0.6) is 17.2 Å². The Balaban J connectivity index is 1.56. The van der Waals surface area contributed by atoms with Crippen LogP contribution >= 0.6 is 0 Å². The van der Waals surface area contributed by atoms with Gasteiger partial charge in [0.25, 0.3) is 0 Å². The van der Waals surface area contributed by atoms with E-state index in [1.807, 2.05) is 6.07 Å². The van der Waals surface area contributed by atoms with Crippen molar-refractivity contribution in [2.45, 2.75) is 12.4 Å². The van der Waals surface area contributed by atoms with Gasteiger partial charge in [-0.25, -0.2) is 4.79 Å². The number of hydrogen-bond acceptors (Lipinski definition) is 4. The number of alkyl halides is 6. The Morgan fingerprint density at radius 3 is 2.11 bits per heavy atom. The van der Waals surface area contributed by atoms with Crippen molar-refractivity contribution in [3.8, 4) is 23.3 Å². The summed E-state index contributed by atoms with van der Waals surface area (Å²) >= 11 is 0. The molecule has 1 N–H and O–H groups in total. The molecule has 0 saturated heterocycles. The predicted octanol–water partition coefficient (Wildman–Crippen LogP) is 6.82. The van der Waals surface area contributed by atoms with Gasteiger partial charge in [-0.1, -0.05) is 0 Å². The quantitative estimate of drug-likeness (QED) is 0.395. The molecule has 0 unspecified atom stereocenters. The second-order valence-electron chi connectivity index (χ2n) is 7.59. The number of anilines is 2. The molecular weight excluding hydrogens is 492 g/mol. The van der Waals surface area contributed by atoms with Crippen LogP contribution in [0, 0.1) is 11.3 Å². The van der Waals surface area contributed by atoms with Crippen LogP contribution in [0.4, 0.5) is 42.5 Å². The fourth-order valence-electron chi connectivity index (χ4n) is 3.43. The van der Waals surface area contributed by atoms with Crippen molar-refractivity contribution in [2.75, 3.05) is 23.4 Å². The average Bonchev–Trinajstić information content (AvgIpc) is 2.82. The topological polar surface area (TPSA) is 74.6 Å². The summed E-state index contributed by atoms with van der Waals surface area (Å²) in [7, 11) is 0. The summed E-state index contributed by atoms with van der Waals surface area (Å²) < 4.78 is 90.0. The van der Waals surface area contributed by atoms with Gasteiger partial charge in [0.05, 0.1) is 35.0 Å². The molecule has 1 aliphatic heterocycles. The highest BCUT2D eigenvalue weighted by molar-refractivity contribution is 6.03. The number of nitrogens with zero attached hydrogens (tertiary/aromatic N) is 2. The Morgan fingerprint density at radius 1 is 0.917 bits per heavy atom. The second kappa shape index (κ2) is 9.33. The van der Waals surface area contributed by atoms with Crippen LogP contribution in [-0.2, 0) is 12.4 Å². The smallest absolute Gasteiger partial charge is 0.416 e. The Labute approximate surface area is 200 Å². The minimum atomic E-state index is -5.04. The van der Waals surface area contributed by atoms with Crippen LogP contribution in [0.3, 0.4) is 0 Å². The van der Waals surface area contributed by atoms with E-state index >= 15 is 0 Å². The van der Waals surface area contributed by atoms with Crippen molar-refractivity contribution in [1.29, 1.82) is 5.26 Å². The van der Waals surface area contributed by atoms with Gasteiger partial charge in [-0.2, -0.15) is 31.6 Å². The third kappa shape index (κ3) is 5.46. The number of rotatable bonds is 3. The number of ether oxygens (including phenoxy) is 2. The summed E-state index contributed by atoms with van der Waals surface area (Å²) in [5.74, 6) is 1.00. The molecule has 2 amide bonds. The maximum absolute atomic E-state index is 13.1. The van der Waals surface area contributed by atoms with Crippen LogP contribution in [-0.4, -0.2) is 19.2 Å². The molecular formula is C24H15F6N3O3. The highest BCUT2D eigenvalue weighted by Crippen LogP contribution is 2.39. The zero-order chi connectivity index (χ0) is 26.1. The number of nitriles is 1. The molecule has 0 aliphatic carbocycles. The number of urea groups is 1. The molecule has 0 radical (unpaired) electrons. The molecule has 0 bridgehead atoms. The van der Waals surface area contributed by atoms with Gasteiger partial charge in [0.15, 0.2) is 0 Å². The van der Waals surface area contributed by atoms with Gasteiger partial charge in [-0.15, -0.1) is 0 Å². The maximum atomic E-state index is 13.1. The largest absolute Gasteiger partial charge is 0.489 e. The Bertz CT molecular complexity index is 1300. The Hall–Kier alpha value is -4.40. The molecule has 3 aromatic carbocycles. The summed E-state index contributed by atoms with van der Waals surface area (Å²) in [4.78, 5) is 14.0. The minimum absolute atomic E-state index is 0.000249. The molecule has 0 atom stereocenters. The van der Waals surface area contributed by atoms with Gasteiger partial charge in [-0.05, 0) is 54.6 Å². The van der Waals surface area contributed by atoms with E-state index in [2.05, 4.69) is 5.32 Å². The SMILES string of the molecule is N#Cc1ccc(Oc2ccc3c(c2)OCCN3C(=O)Nc2cc(C(F)(F)F)cc(C(F)(F)F)c2)cc1. The lowest BCUT2D eigenvalue weighted by Gasteiger charge is -2.30. The molecule has 0 spiro atoms. The monoisotopic (exact) mass is 507 g/mol. The fourth-order valence-corrected chi connectivity index (χ4v) is 3.43. The molecule has 1 aliphatic rings. The lowest BCUT2D eigenvalue weighted by molar-refractivity contribution is -0.143. The van der Waals surface area contributed by atoms with Gasteiger partial charge in [-0.3, -0.25) is 4.90 Å². The molecule has 4 rings (SSSR count). The first-order valence-corrected chi connectivity index (χ1v) is 10.3. The predicted molar refractivity (Wildman–Crippen MR) is 116 cm³/mol. The van der Waals surface area contributed by atoms with Crippen molar-refractivity contribution in [2.24, 2.45) is 0 Å². The highest BCUT2D eigenvalue weighted by atomic mass is 19.4. The number of amides is 2. The van der Waals surface area contributed by atoms with E-state index in [1.54, 1.807) is 24.3 Å². The number of fused-ring (bicyclic) bond motifs is 1. The fraction of sp³-hybridized carbons (Fsp3) is 0.167. The van der Waals surface area contributed by atoms with Crippen molar-refractivity contribution in [3.63, 3.8) is 0 Å². The van der Waals surface area contributed by atoms with Gasteiger partial charge in [0.2, 0.25) is 0 Å². The summed E-state index contributed by atoms with van der Waals surface area (Å²) in [6.07, 6.45) is -10.1. The standard InChI is InChI=1S/C24H15F6N3O3/c25-23(26,27)15-9-16(24(28,29)30)11-17(10-15)32-22(34)33-7-8-35-21-12-19(5-6-20(21)33)36-18-3-1-14(13-31)2-4-18/h1-6,9-12H,7-8H2,(H,32,34). The number of halogens is 6. The number of benzene rings is 3. The van der Waals surface area contributed by atoms with Crippen LogP contribution in [0.1, 0.15) is 16.7 Å². The third-order valence-electron chi connectivity index (χ3n) is 5.10. The van der Waals surface area contributed by atoms with Crippen LogP contribution < -0.4 is 19.7 Å². The highest BCUT2D eigenvalue weighted by Gasteiger charge is 2.37. The van der Waals surface area contributed by atoms with Gasteiger partial charge < -0.3 is 14.8 Å². The molecule has 0 saturated carbocycles. The minimum Gasteiger partial charge on any atom is -0.489 e. The van der Waals surface area contributed by atoms with E-state index in [0.717, 1.165) is 4.90 Å². The molecule has 6 nitrogen and oxygen atoms in total. The Morgan fingerprint density at radius 2 is 1.53 bits per heavy atom. The van der Waals surface area contributed by atoms with Crippen LogP contribution in [0.15, 0.2) is 60.7 Å². The van der Waals surface area contributed by atoms with Crippen molar-refractivity contribution >= 4 is 17.4 Å². The molecule has 0 fully saturated rings. The number of carbonyl (C=O) groups is 1. The number of nitrogens with one attached hydrogen (secondary N) is 1. The average molecular weight is 507 g/mol. The van der Waals surface area contributed by atoms with E-state index in [-0.39, 0.29) is 30.7 Å². The first-order valence-electron chi connectivity index (χ1n) is 10.3. The lowest BCUT2D eigenvalue weighted by atomic mass is 10.1. The van der Waals surface area contributed by atoms with E-state index in [9.17, 15) is 31.1 Å². The molecule has 186 valence electrons. The van der Waals surface area contributed by atoms with Gasteiger partial charge >= 0.3 is 18.4 Å². The van der Waals surface area contributed by atoms with E-state index < -0.39 is 35.2 Å². The molecule has 1 heterocycles. The Kier molecular flexibility index (Phi) is 6.41. The number of hydrogen-bond donors (Lipinski definition) is 1. The first-order chi connectivity index (χ1) is 16.9. The molecule has 0 aromatic heterocycles. The van der Waals surface area contributed by atoms with Crippen molar-refractivity contribution < 1.29 is 40.6 Å². The van der Waals surface area contributed by atoms with Gasteiger partial charge in [0.1, 0.15) is 23.9 Å². The maximum Gasteiger partial charge on any atom is 0.416 e. The molecule has 36 heavy (non-hydrogen) atoms. The van der Waals surface area contributed by atoms with E-state index in [0.29, 0.717) is 29.2 Å². The van der Waals surface area contributed by atoms with Crippen LogP contribution in [0.2, 0.25) is 0 Å². The van der Waals surface area contributed by atoms with E-state index in [4.69, 9.17) is 14.7 Å². The zero-order valence-electron chi connectivity index (χ0n) is 18.1. The lowest BCUT2D eigenvalue weighted by Crippen LogP contribution is -2.40. The van der Waals surface area contributed by atoms with Crippen LogP contribution in [0.25, 0.3) is 0 Å². The summed E-state index contributed by atoms with van der Waals surface area (Å²) in [5.41, 5.74) is -3.05. The van der Waals surface area contributed by atoms with Gasteiger partial charge in [0, 0.05) is 11.8 Å². The second-order valence-corrected chi connectivity index (χ2v) is 7.59. The zero-order valence-corrected chi connectivity index (χ0v) is 18.1. The summed E-state index contributed by atoms with van der Waals surface area (Å²) in [6.45, 7) is 0.0247. The van der Waals surface area contributed by atoms with E-state index in [1.165, 1.54) is 18.2 Å². The first kappa shape index (κ1) is 24.7. The van der Waals surface area contributed by atoms with Crippen molar-refractivity contribution in [1.82, 2.24) is 0 Å². The van der Waals surface area contributed by atoms with Crippen molar-refractivity contribution in [3.05, 3.63) is 77.4 Å². The molecule has 12 heteroatoms. The summed E-state index contributed by atoms with van der Waals surface area (Å²) in [6, 6.07) is 12.7. The third-order valence-corrected chi connectivity index (χ3v) is 5.10. The number of carbonyl (C=O) groups excluding carboxylic acids is 1. The normalized spacial score (nSPS) is 13.3.